The summed E-state index contributed by atoms with van der Waals surface area (Å²) in [5, 5.41) is 2.84. The quantitative estimate of drug-likeness (QED) is 0.726. The Labute approximate surface area is 107 Å². The van der Waals surface area contributed by atoms with Gasteiger partial charge in [-0.2, -0.15) is 0 Å². The lowest BCUT2D eigenvalue weighted by Gasteiger charge is -2.04. The zero-order valence-electron chi connectivity index (χ0n) is 10.2. The molecule has 1 aromatic carbocycles. The summed E-state index contributed by atoms with van der Waals surface area (Å²) >= 11 is 1.64. The fourth-order valence-corrected chi connectivity index (χ4v) is 2.25. The summed E-state index contributed by atoms with van der Waals surface area (Å²) < 4.78 is 0. The molecule has 0 saturated carbocycles. The molecule has 0 atom stereocenters. The molecule has 1 aromatic rings. The van der Waals surface area contributed by atoms with E-state index in [0.29, 0.717) is 18.8 Å². The summed E-state index contributed by atoms with van der Waals surface area (Å²) in [6, 6.07) is 8.37. The smallest absolute Gasteiger partial charge is 0.230 e. The molecule has 17 heavy (non-hydrogen) atoms. The van der Waals surface area contributed by atoms with Crippen molar-refractivity contribution in [3.63, 3.8) is 0 Å². The molecule has 0 aromatic heterocycles. The second-order valence-corrected chi connectivity index (χ2v) is 4.96. The molecule has 0 spiro atoms. The molecule has 3 N–H and O–H groups in total. The highest BCUT2D eigenvalue weighted by atomic mass is 32.2. The third-order valence-corrected chi connectivity index (χ3v) is 3.29. The Morgan fingerprint density at radius 1 is 1.47 bits per heavy atom. The number of hydrogen-bond acceptors (Lipinski definition) is 3. The maximum Gasteiger partial charge on any atom is 0.230 e. The lowest BCUT2D eigenvalue weighted by Crippen LogP contribution is -2.27. The van der Waals surface area contributed by atoms with Crippen LogP contribution in [0.1, 0.15) is 17.5 Å². The van der Waals surface area contributed by atoms with E-state index in [-0.39, 0.29) is 5.91 Å². The normalized spacial score (nSPS) is 10.2. The lowest BCUT2D eigenvalue weighted by molar-refractivity contribution is -0.118. The summed E-state index contributed by atoms with van der Waals surface area (Å²) in [4.78, 5) is 11.4. The van der Waals surface area contributed by atoms with Crippen molar-refractivity contribution < 1.29 is 4.79 Å². The van der Waals surface area contributed by atoms with Gasteiger partial charge in [0.2, 0.25) is 5.91 Å². The Bertz CT molecular complexity index is 355. The van der Waals surface area contributed by atoms with Gasteiger partial charge in [-0.3, -0.25) is 4.79 Å². The maximum absolute atomic E-state index is 11.4. The Hall–Kier alpha value is -1.00. The number of nitrogens with one attached hydrogen (secondary N) is 1. The Morgan fingerprint density at radius 3 is 3.00 bits per heavy atom. The van der Waals surface area contributed by atoms with Crippen molar-refractivity contribution in [2.75, 3.05) is 18.8 Å². The molecular weight excluding hydrogens is 232 g/mol. The van der Waals surface area contributed by atoms with Gasteiger partial charge in [-0.15, -0.1) is 11.8 Å². The van der Waals surface area contributed by atoms with E-state index in [1.165, 1.54) is 11.1 Å². The summed E-state index contributed by atoms with van der Waals surface area (Å²) in [6.45, 7) is 3.38. The van der Waals surface area contributed by atoms with Crippen molar-refractivity contribution in [1.82, 2.24) is 5.32 Å². The third kappa shape index (κ3) is 6.34. The average molecular weight is 252 g/mol. The van der Waals surface area contributed by atoms with Gasteiger partial charge in [0.1, 0.15) is 0 Å². The fourth-order valence-electron chi connectivity index (χ4n) is 1.44. The molecule has 1 amide bonds. The zero-order valence-corrected chi connectivity index (χ0v) is 11.1. The average Bonchev–Trinajstić information content (AvgIpc) is 2.29. The first-order valence-corrected chi connectivity index (χ1v) is 6.98. The summed E-state index contributed by atoms with van der Waals surface area (Å²) in [7, 11) is 0. The van der Waals surface area contributed by atoms with E-state index in [4.69, 9.17) is 5.73 Å². The van der Waals surface area contributed by atoms with E-state index < -0.39 is 0 Å². The molecule has 1 rings (SSSR count). The standard InChI is InChI=1S/C13H20N2OS/c1-11-4-2-5-12(8-11)9-17-10-13(16)15-7-3-6-14/h2,4-5,8H,3,6-7,9-10,14H2,1H3,(H,15,16). The molecule has 0 aliphatic carbocycles. The lowest BCUT2D eigenvalue weighted by atomic mass is 10.2. The molecule has 3 nitrogen and oxygen atoms in total. The van der Waals surface area contributed by atoms with Crippen LogP contribution in [0, 0.1) is 6.92 Å². The van der Waals surface area contributed by atoms with Gasteiger partial charge in [-0.05, 0) is 25.5 Å². The van der Waals surface area contributed by atoms with Gasteiger partial charge in [-0.25, -0.2) is 0 Å². The van der Waals surface area contributed by atoms with Gasteiger partial charge in [-0.1, -0.05) is 29.8 Å². The molecule has 0 heterocycles. The number of rotatable bonds is 7. The van der Waals surface area contributed by atoms with Gasteiger partial charge in [0.15, 0.2) is 0 Å². The molecule has 0 aliphatic heterocycles. The number of hydrogen-bond donors (Lipinski definition) is 2. The molecule has 4 heteroatoms. The van der Waals surface area contributed by atoms with E-state index >= 15 is 0 Å². The number of aryl methyl sites for hydroxylation is 1. The molecule has 0 radical (unpaired) electrons. The zero-order chi connectivity index (χ0) is 12.5. The SMILES string of the molecule is Cc1cccc(CSCC(=O)NCCCN)c1. The van der Waals surface area contributed by atoms with Crippen molar-refractivity contribution in [2.24, 2.45) is 5.73 Å². The fraction of sp³-hybridized carbons (Fsp3) is 0.462. The minimum atomic E-state index is 0.0936. The third-order valence-electron chi connectivity index (χ3n) is 2.29. The van der Waals surface area contributed by atoms with Crippen LogP contribution in [0.25, 0.3) is 0 Å². The molecule has 0 fully saturated rings. The highest BCUT2D eigenvalue weighted by molar-refractivity contribution is 7.99. The summed E-state index contributed by atoms with van der Waals surface area (Å²) in [6.07, 6.45) is 0.842. The van der Waals surface area contributed by atoms with E-state index in [9.17, 15) is 4.79 Å². The predicted molar refractivity (Wildman–Crippen MR) is 74.0 cm³/mol. The minimum absolute atomic E-state index is 0.0936. The highest BCUT2D eigenvalue weighted by Gasteiger charge is 2.01. The van der Waals surface area contributed by atoms with Gasteiger partial charge in [0.25, 0.3) is 0 Å². The Morgan fingerprint density at radius 2 is 2.29 bits per heavy atom. The summed E-state index contributed by atoms with van der Waals surface area (Å²) in [5.41, 5.74) is 7.88. The minimum Gasteiger partial charge on any atom is -0.355 e. The first-order chi connectivity index (χ1) is 8.22. The maximum atomic E-state index is 11.4. The Balaban J connectivity index is 2.17. The molecule has 0 unspecified atom stereocenters. The van der Waals surface area contributed by atoms with Crippen LogP contribution in [-0.4, -0.2) is 24.7 Å². The second kappa shape index (κ2) is 8.14. The van der Waals surface area contributed by atoms with Crippen molar-refractivity contribution >= 4 is 17.7 Å². The number of benzene rings is 1. The van der Waals surface area contributed by atoms with E-state index in [1.807, 2.05) is 6.07 Å². The van der Waals surface area contributed by atoms with E-state index in [2.05, 4.69) is 30.4 Å². The van der Waals surface area contributed by atoms with Crippen LogP contribution in [0.3, 0.4) is 0 Å². The monoisotopic (exact) mass is 252 g/mol. The van der Waals surface area contributed by atoms with Crippen LogP contribution >= 0.6 is 11.8 Å². The van der Waals surface area contributed by atoms with Gasteiger partial charge < -0.3 is 11.1 Å². The van der Waals surface area contributed by atoms with Gasteiger partial charge >= 0.3 is 0 Å². The topological polar surface area (TPSA) is 55.1 Å². The van der Waals surface area contributed by atoms with E-state index in [1.54, 1.807) is 11.8 Å². The molecular formula is C13H20N2OS. The number of carbonyl (C=O) groups is 1. The number of thioether (sulfide) groups is 1. The predicted octanol–water partition coefficient (Wildman–Crippen LogP) is 1.69. The van der Waals surface area contributed by atoms with Gasteiger partial charge in [0, 0.05) is 12.3 Å². The van der Waals surface area contributed by atoms with Crippen LogP contribution in [-0.2, 0) is 10.5 Å². The van der Waals surface area contributed by atoms with Crippen LogP contribution in [0.5, 0.6) is 0 Å². The van der Waals surface area contributed by atoms with Crippen LogP contribution in [0.4, 0.5) is 0 Å². The van der Waals surface area contributed by atoms with Crippen molar-refractivity contribution in [3.05, 3.63) is 35.4 Å². The Kier molecular flexibility index (Phi) is 6.74. The van der Waals surface area contributed by atoms with E-state index in [0.717, 1.165) is 12.2 Å². The first-order valence-electron chi connectivity index (χ1n) is 5.82. The molecule has 94 valence electrons. The van der Waals surface area contributed by atoms with Crippen LogP contribution in [0.15, 0.2) is 24.3 Å². The summed E-state index contributed by atoms with van der Waals surface area (Å²) in [5.74, 6) is 1.49. The molecule has 0 saturated heterocycles. The van der Waals surface area contributed by atoms with Crippen molar-refractivity contribution in [1.29, 1.82) is 0 Å². The van der Waals surface area contributed by atoms with Crippen molar-refractivity contribution in [2.45, 2.75) is 19.1 Å². The highest BCUT2D eigenvalue weighted by Crippen LogP contribution is 2.12. The number of nitrogens with two attached hydrogens (primary N) is 1. The second-order valence-electron chi connectivity index (χ2n) is 3.97. The van der Waals surface area contributed by atoms with Crippen molar-refractivity contribution in [3.8, 4) is 0 Å². The number of carbonyl (C=O) groups excluding carboxylic acids is 1. The first kappa shape index (κ1) is 14.1. The molecule has 0 bridgehead atoms. The largest absolute Gasteiger partial charge is 0.355 e. The van der Waals surface area contributed by atoms with Crippen LogP contribution < -0.4 is 11.1 Å². The van der Waals surface area contributed by atoms with Gasteiger partial charge in [0.05, 0.1) is 5.75 Å². The molecule has 0 aliphatic rings. The van der Waals surface area contributed by atoms with Crippen LogP contribution in [0.2, 0.25) is 0 Å². The number of amides is 1.